The highest BCUT2D eigenvalue weighted by atomic mass is 35.5. The summed E-state index contributed by atoms with van der Waals surface area (Å²) in [5.74, 6) is -0.119. The summed E-state index contributed by atoms with van der Waals surface area (Å²) in [6.07, 6.45) is 3.11. The first-order valence-corrected chi connectivity index (χ1v) is 7.44. The van der Waals surface area contributed by atoms with Crippen LogP contribution in [0.4, 0.5) is 4.39 Å². The molecule has 1 aliphatic carbocycles. The van der Waals surface area contributed by atoms with Crippen LogP contribution in [0, 0.1) is 28.5 Å². The second-order valence-corrected chi connectivity index (χ2v) is 6.14. The van der Waals surface area contributed by atoms with Crippen LogP contribution in [0.5, 0.6) is 0 Å². The molecule has 1 aliphatic rings. The lowest BCUT2D eigenvalue weighted by atomic mass is 9.65. The fourth-order valence-corrected chi connectivity index (χ4v) is 3.36. The number of hydrogen-bond donors (Lipinski definition) is 1. The van der Waals surface area contributed by atoms with E-state index in [1.54, 1.807) is 6.07 Å². The molecule has 2 rings (SSSR count). The molecule has 1 saturated carbocycles. The average molecular weight is 296 g/mol. The molecular weight excluding hydrogens is 277 g/mol. The van der Waals surface area contributed by atoms with Crippen molar-refractivity contribution in [3.63, 3.8) is 0 Å². The van der Waals surface area contributed by atoms with Crippen LogP contribution in [-0.4, -0.2) is 5.11 Å². The van der Waals surface area contributed by atoms with E-state index in [4.69, 9.17) is 11.6 Å². The molecule has 4 heteroatoms. The van der Waals surface area contributed by atoms with E-state index in [1.165, 1.54) is 12.1 Å². The summed E-state index contributed by atoms with van der Waals surface area (Å²) in [4.78, 5) is 0. The number of aliphatic hydroxyl groups excluding tert-OH is 1. The number of nitriles is 1. The fourth-order valence-electron chi connectivity index (χ4n) is 3.21. The summed E-state index contributed by atoms with van der Waals surface area (Å²) in [7, 11) is 0. The third-order valence-electron chi connectivity index (χ3n) is 4.47. The van der Waals surface area contributed by atoms with Crippen LogP contribution in [0.15, 0.2) is 18.2 Å². The van der Waals surface area contributed by atoms with Crippen LogP contribution in [0.25, 0.3) is 0 Å². The Morgan fingerprint density at radius 2 is 2.35 bits per heavy atom. The van der Waals surface area contributed by atoms with Crippen molar-refractivity contribution < 1.29 is 9.50 Å². The second-order valence-electron chi connectivity index (χ2n) is 5.71. The van der Waals surface area contributed by atoms with Crippen molar-refractivity contribution >= 4 is 11.6 Å². The molecule has 2 nitrogen and oxygen atoms in total. The summed E-state index contributed by atoms with van der Waals surface area (Å²) in [6, 6.07) is 6.49. The van der Waals surface area contributed by atoms with Crippen molar-refractivity contribution in [3.8, 4) is 6.07 Å². The molecule has 0 heterocycles. The topological polar surface area (TPSA) is 44.0 Å². The first-order chi connectivity index (χ1) is 9.52. The molecule has 0 bridgehead atoms. The lowest BCUT2D eigenvalue weighted by molar-refractivity contribution is 0.0162. The Hall–Kier alpha value is -1.11. The zero-order valence-electron chi connectivity index (χ0n) is 11.6. The van der Waals surface area contributed by atoms with E-state index in [-0.39, 0.29) is 5.56 Å². The van der Waals surface area contributed by atoms with Crippen molar-refractivity contribution in [2.75, 3.05) is 0 Å². The van der Waals surface area contributed by atoms with Gasteiger partial charge in [-0.2, -0.15) is 5.26 Å². The van der Waals surface area contributed by atoms with Gasteiger partial charge in [0, 0.05) is 10.6 Å². The van der Waals surface area contributed by atoms with Gasteiger partial charge in [-0.1, -0.05) is 43.9 Å². The van der Waals surface area contributed by atoms with Gasteiger partial charge in [0.25, 0.3) is 0 Å². The lowest BCUT2D eigenvalue weighted by Gasteiger charge is -2.39. The van der Waals surface area contributed by atoms with Crippen LogP contribution < -0.4 is 0 Å². The third kappa shape index (κ3) is 2.82. The number of aliphatic hydroxyl groups is 1. The van der Waals surface area contributed by atoms with E-state index in [0.29, 0.717) is 23.8 Å². The standard InChI is InChI=1S/C16H19ClFNO/c1-2-11-4-3-7-16(9-11,10-19)15(20)13-6-5-12(17)8-14(13)18/h5-6,8,11,15,20H,2-4,7,9H2,1H3. The molecule has 0 radical (unpaired) electrons. The van der Waals surface area contributed by atoms with Crippen LogP contribution in [-0.2, 0) is 0 Å². The molecule has 3 atom stereocenters. The maximum Gasteiger partial charge on any atom is 0.130 e. The van der Waals surface area contributed by atoms with E-state index in [2.05, 4.69) is 13.0 Å². The molecule has 0 aliphatic heterocycles. The summed E-state index contributed by atoms with van der Waals surface area (Å²) in [5.41, 5.74) is -0.708. The molecule has 1 N–H and O–H groups in total. The van der Waals surface area contributed by atoms with E-state index in [9.17, 15) is 14.8 Å². The summed E-state index contributed by atoms with van der Waals surface area (Å²) in [5, 5.41) is 20.4. The van der Waals surface area contributed by atoms with Crippen LogP contribution in [0.2, 0.25) is 5.02 Å². The maximum absolute atomic E-state index is 14.0. The molecule has 0 amide bonds. The molecule has 0 aromatic heterocycles. The van der Waals surface area contributed by atoms with Gasteiger partial charge in [0.15, 0.2) is 0 Å². The van der Waals surface area contributed by atoms with Crippen molar-refractivity contribution in [1.29, 1.82) is 5.26 Å². The summed E-state index contributed by atoms with van der Waals surface area (Å²) >= 11 is 5.73. The third-order valence-corrected chi connectivity index (χ3v) is 4.70. The van der Waals surface area contributed by atoms with E-state index >= 15 is 0 Å². The van der Waals surface area contributed by atoms with Gasteiger partial charge in [0.05, 0.1) is 11.5 Å². The molecular formula is C16H19ClFNO. The largest absolute Gasteiger partial charge is 0.387 e. The second kappa shape index (κ2) is 6.11. The van der Waals surface area contributed by atoms with Crippen LogP contribution in [0.3, 0.4) is 0 Å². The molecule has 0 saturated heterocycles. The predicted molar refractivity (Wildman–Crippen MR) is 76.7 cm³/mol. The molecule has 1 aromatic rings. The number of rotatable bonds is 3. The minimum absolute atomic E-state index is 0.174. The minimum Gasteiger partial charge on any atom is -0.387 e. The number of halogens is 2. The van der Waals surface area contributed by atoms with Crippen LogP contribution in [0.1, 0.15) is 50.7 Å². The van der Waals surface area contributed by atoms with Crippen LogP contribution >= 0.6 is 11.6 Å². The Kier molecular flexibility index (Phi) is 4.67. The molecule has 1 fully saturated rings. The predicted octanol–water partition coefficient (Wildman–Crippen LogP) is 4.62. The van der Waals surface area contributed by atoms with Gasteiger partial charge >= 0.3 is 0 Å². The number of hydrogen-bond acceptors (Lipinski definition) is 2. The van der Waals surface area contributed by atoms with Gasteiger partial charge in [-0.3, -0.25) is 0 Å². The summed E-state index contributed by atoms with van der Waals surface area (Å²) in [6.45, 7) is 2.09. The van der Waals surface area contributed by atoms with Gasteiger partial charge < -0.3 is 5.11 Å². The van der Waals surface area contributed by atoms with Gasteiger partial charge in [0.1, 0.15) is 11.9 Å². The lowest BCUT2D eigenvalue weighted by Crippen LogP contribution is -2.34. The van der Waals surface area contributed by atoms with Crippen molar-refractivity contribution in [2.45, 2.75) is 45.1 Å². The monoisotopic (exact) mass is 295 g/mol. The highest BCUT2D eigenvalue weighted by Crippen LogP contribution is 2.48. The summed E-state index contributed by atoms with van der Waals surface area (Å²) < 4.78 is 14.0. The molecule has 108 valence electrons. The highest BCUT2D eigenvalue weighted by Gasteiger charge is 2.43. The normalized spacial score (nSPS) is 27.9. The molecule has 0 spiro atoms. The minimum atomic E-state index is -1.10. The maximum atomic E-state index is 14.0. The zero-order valence-corrected chi connectivity index (χ0v) is 12.3. The van der Waals surface area contributed by atoms with Crippen molar-refractivity contribution in [1.82, 2.24) is 0 Å². The van der Waals surface area contributed by atoms with Crippen molar-refractivity contribution in [3.05, 3.63) is 34.6 Å². The first-order valence-electron chi connectivity index (χ1n) is 7.06. The Balaban J connectivity index is 2.33. The van der Waals surface area contributed by atoms with Gasteiger partial charge in [0.2, 0.25) is 0 Å². The smallest absolute Gasteiger partial charge is 0.130 e. The SMILES string of the molecule is CCC1CCCC(C#N)(C(O)c2ccc(Cl)cc2F)C1. The van der Waals surface area contributed by atoms with Gasteiger partial charge in [-0.25, -0.2) is 4.39 Å². The number of nitrogens with zero attached hydrogens (tertiary/aromatic N) is 1. The zero-order chi connectivity index (χ0) is 14.8. The Bertz CT molecular complexity index is 528. The number of benzene rings is 1. The van der Waals surface area contributed by atoms with E-state index < -0.39 is 17.3 Å². The van der Waals surface area contributed by atoms with E-state index in [1.807, 2.05) is 0 Å². The molecule has 3 unspecified atom stereocenters. The quantitative estimate of drug-likeness (QED) is 0.884. The molecule has 20 heavy (non-hydrogen) atoms. The van der Waals surface area contributed by atoms with E-state index in [0.717, 1.165) is 19.3 Å². The first kappa shape index (κ1) is 15.3. The fraction of sp³-hybridized carbons (Fsp3) is 0.562. The Morgan fingerprint density at radius 3 is 2.95 bits per heavy atom. The molecule has 1 aromatic carbocycles. The van der Waals surface area contributed by atoms with Crippen molar-refractivity contribution in [2.24, 2.45) is 11.3 Å². The van der Waals surface area contributed by atoms with Gasteiger partial charge in [-0.05, 0) is 30.9 Å². The highest BCUT2D eigenvalue weighted by molar-refractivity contribution is 6.30. The Morgan fingerprint density at radius 1 is 1.60 bits per heavy atom. The van der Waals surface area contributed by atoms with Gasteiger partial charge in [-0.15, -0.1) is 0 Å². The Labute approximate surface area is 124 Å². The average Bonchev–Trinajstić information content (AvgIpc) is 2.46.